The molecule has 2 amide bonds. The Bertz CT molecular complexity index is 1280. The van der Waals surface area contributed by atoms with Gasteiger partial charge in [0.2, 0.25) is 0 Å². The fraction of sp³-hybridized carbons (Fsp3) is 0.429. The summed E-state index contributed by atoms with van der Waals surface area (Å²) >= 11 is 6.84. The van der Waals surface area contributed by atoms with Crippen molar-refractivity contribution in [2.45, 2.75) is 51.5 Å². The molecule has 0 spiro atoms. The minimum atomic E-state index is -0.310. The van der Waals surface area contributed by atoms with Gasteiger partial charge < -0.3 is 14.5 Å². The molecule has 188 valence electrons. The second-order valence-corrected chi connectivity index (χ2v) is 10.1. The summed E-state index contributed by atoms with van der Waals surface area (Å²) in [7, 11) is 0. The molecule has 1 saturated heterocycles. The summed E-state index contributed by atoms with van der Waals surface area (Å²) in [4.78, 5) is 38.3. The van der Waals surface area contributed by atoms with Gasteiger partial charge in [0, 0.05) is 54.7 Å². The zero-order chi connectivity index (χ0) is 25.2. The van der Waals surface area contributed by atoms with Crippen molar-refractivity contribution in [3.05, 3.63) is 70.1 Å². The molecule has 1 aromatic carbocycles. The number of ether oxygens (including phenoxy) is 1. The van der Waals surface area contributed by atoms with Crippen molar-refractivity contribution in [1.82, 2.24) is 19.8 Å². The van der Waals surface area contributed by atoms with Crippen molar-refractivity contribution in [2.24, 2.45) is 0 Å². The Morgan fingerprint density at radius 3 is 2.72 bits per heavy atom. The lowest BCUT2D eigenvalue weighted by Gasteiger charge is -2.39. The van der Waals surface area contributed by atoms with Gasteiger partial charge in [-0.2, -0.15) is 0 Å². The Morgan fingerprint density at radius 2 is 1.97 bits per heavy atom. The first-order valence-electron chi connectivity index (χ1n) is 12.7. The number of hydrogen-bond donors (Lipinski definition) is 0. The van der Waals surface area contributed by atoms with Crippen molar-refractivity contribution < 1.29 is 14.3 Å². The summed E-state index contributed by atoms with van der Waals surface area (Å²) in [5, 5.41) is 1.63. The third-order valence-electron chi connectivity index (χ3n) is 7.29. The Hall–Kier alpha value is -3.19. The van der Waals surface area contributed by atoms with Crippen LogP contribution in [-0.4, -0.2) is 64.1 Å². The van der Waals surface area contributed by atoms with Crippen molar-refractivity contribution in [3.63, 3.8) is 0 Å². The van der Waals surface area contributed by atoms with Crippen LogP contribution in [0.15, 0.2) is 42.7 Å². The molecule has 0 radical (unpaired) electrons. The Kier molecular flexibility index (Phi) is 7.10. The molecule has 5 rings (SSSR count). The number of hydrogen-bond acceptors (Lipinski definition) is 5. The van der Waals surface area contributed by atoms with E-state index in [4.69, 9.17) is 21.3 Å². The first-order chi connectivity index (χ1) is 17.5. The van der Waals surface area contributed by atoms with Crippen LogP contribution < -0.4 is 0 Å². The maximum absolute atomic E-state index is 13.4. The van der Waals surface area contributed by atoms with E-state index in [0.717, 1.165) is 52.9 Å². The molecule has 3 heterocycles. The number of halogens is 1. The minimum Gasteiger partial charge on any atom is -0.449 e. The lowest BCUT2D eigenvalue weighted by Crippen LogP contribution is -2.55. The molecular formula is C28H31ClN4O3. The molecule has 0 N–H and O–H groups in total. The standard InChI is InChI=1S/C28H31ClN4O3/c1-3-14-36-28(35)32-12-13-33(18(2)17-32)27(34)21-5-7-23-25(16-21)31-24-15-20(4-6-22(24)26(23)29)19-8-10-30-11-9-19/h5,7-11,16,18,20H,3-4,6,12-15,17H2,1-2H3/t18-,20?/m0/s1. The van der Waals surface area contributed by atoms with Gasteiger partial charge in [-0.1, -0.05) is 24.6 Å². The monoisotopic (exact) mass is 506 g/mol. The number of benzene rings is 1. The summed E-state index contributed by atoms with van der Waals surface area (Å²) in [6.45, 7) is 5.71. The first-order valence-corrected chi connectivity index (χ1v) is 13.1. The van der Waals surface area contributed by atoms with E-state index in [2.05, 4.69) is 17.1 Å². The highest BCUT2D eigenvalue weighted by Crippen LogP contribution is 2.38. The van der Waals surface area contributed by atoms with E-state index in [0.29, 0.717) is 37.7 Å². The Balaban J connectivity index is 1.36. The average molecular weight is 507 g/mol. The van der Waals surface area contributed by atoms with E-state index >= 15 is 0 Å². The van der Waals surface area contributed by atoms with E-state index in [9.17, 15) is 9.59 Å². The lowest BCUT2D eigenvalue weighted by molar-refractivity contribution is 0.0414. The van der Waals surface area contributed by atoms with Crippen LogP contribution in [0.25, 0.3) is 10.9 Å². The number of rotatable bonds is 4. The van der Waals surface area contributed by atoms with Gasteiger partial charge in [0.1, 0.15) is 0 Å². The molecule has 3 aromatic rings. The number of nitrogens with zero attached hydrogens (tertiary/aromatic N) is 4. The van der Waals surface area contributed by atoms with Crippen LogP contribution in [0.5, 0.6) is 0 Å². The average Bonchev–Trinajstić information content (AvgIpc) is 2.91. The number of carbonyl (C=O) groups is 2. The van der Waals surface area contributed by atoms with E-state index in [1.165, 1.54) is 5.56 Å². The molecule has 2 aromatic heterocycles. The van der Waals surface area contributed by atoms with Crippen LogP contribution in [0.4, 0.5) is 4.79 Å². The molecule has 0 saturated carbocycles. The second kappa shape index (κ2) is 10.4. The molecular weight excluding hydrogens is 476 g/mol. The van der Waals surface area contributed by atoms with Crippen molar-refractivity contribution >= 4 is 34.5 Å². The number of piperazine rings is 1. The molecule has 1 unspecified atom stereocenters. The second-order valence-electron chi connectivity index (χ2n) is 9.71. The largest absolute Gasteiger partial charge is 0.449 e. The van der Waals surface area contributed by atoms with E-state index in [1.807, 2.05) is 49.3 Å². The van der Waals surface area contributed by atoms with Crippen LogP contribution in [-0.2, 0) is 17.6 Å². The fourth-order valence-electron chi connectivity index (χ4n) is 5.31. The molecule has 0 bridgehead atoms. The normalized spacial score (nSPS) is 19.8. The van der Waals surface area contributed by atoms with Crippen LogP contribution in [0.2, 0.25) is 5.02 Å². The van der Waals surface area contributed by atoms with Gasteiger partial charge in [-0.15, -0.1) is 0 Å². The van der Waals surface area contributed by atoms with Gasteiger partial charge >= 0.3 is 6.09 Å². The van der Waals surface area contributed by atoms with Crippen LogP contribution in [0.3, 0.4) is 0 Å². The molecule has 1 aliphatic carbocycles. The lowest BCUT2D eigenvalue weighted by atomic mass is 9.82. The Morgan fingerprint density at radius 1 is 1.17 bits per heavy atom. The number of amides is 2. The third kappa shape index (κ3) is 4.76. The summed E-state index contributed by atoms with van der Waals surface area (Å²) in [6.07, 6.45) is 6.86. The maximum atomic E-state index is 13.4. The molecule has 8 heteroatoms. The quantitative estimate of drug-likeness (QED) is 0.483. The van der Waals surface area contributed by atoms with Gasteiger partial charge in [-0.05, 0) is 73.9 Å². The third-order valence-corrected chi connectivity index (χ3v) is 7.72. The predicted molar refractivity (Wildman–Crippen MR) is 139 cm³/mol. The number of fused-ring (bicyclic) bond motifs is 2. The number of carbonyl (C=O) groups excluding carboxylic acids is 2. The highest BCUT2D eigenvalue weighted by molar-refractivity contribution is 6.36. The van der Waals surface area contributed by atoms with E-state index in [-0.39, 0.29) is 18.0 Å². The molecule has 1 aliphatic heterocycles. The number of pyridine rings is 2. The predicted octanol–water partition coefficient (Wildman–Crippen LogP) is 5.25. The fourth-order valence-corrected chi connectivity index (χ4v) is 5.68. The Labute approximate surface area is 216 Å². The molecule has 2 atom stereocenters. The summed E-state index contributed by atoms with van der Waals surface area (Å²) in [5.74, 6) is 0.323. The molecule has 36 heavy (non-hydrogen) atoms. The van der Waals surface area contributed by atoms with Crippen molar-refractivity contribution in [2.75, 3.05) is 26.2 Å². The zero-order valence-electron chi connectivity index (χ0n) is 20.7. The number of aromatic nitrogens is 2. The van der Waals surface area contributed by atoms with Gasteiger partial charge in [0.05, 0.1) is 17.1 Å². The molecule has 2 aliphatic rings. The molecule has 7 nitrogen and oxygen atoms in total. The van der Waals surface area contributed by atoms with E-state index < -0.39 is 0 Å². The minimum absolute atomic E-state index is 0.0590. The van der Waals surface area contributed by atoms with Gasteiger partial charge in [0.25, 0.3) is 5.91 Å². The van der Waals surface area contributed by atoms with Crippen LogP contribution in [0, 0.1) is 0 Å². The van der Waals surface area contributed by atoms with Crippen molar-refractivity contribution in [3.8, 4) is 0 Å². The first kappa shape index (κ1) is 24.5. The highest BCUT2D eigenvalue weighted by Gasteiger charge is 2.31. The van der Waals surface area contributed by atoms with Crippen LogP contribution >= 0.6 is 11.6 Å². The van der Waals surface area contributed by atoms with Crippen molar-refractivity contribution in [1.29, 1.82) is 0 Å². The SMILES string of the molecule is CCCOC(=O)N1CCN(C(=O)c2ccc3c(Cl)c4c(nc3c2)CC(c2ccncc2)CC4)[C@@H](C)C1. The zero-order valence-corrected chi connectivity index (χ0v) is 21.5. The van der Waals surface area contributed by atoms with Crippen LogP contribution in [0.1, 0.15) is 59.8 Å². The topological polar surface area (TPSA) is 75.6 Å². The molecule has 1 fully saturated rings. The van der Waals surface area contributed by atoms with Gasteiger partial charge in [-0.25, -0.2) is 4.79 Å². The summed E-state index contributed by atoms with van der Waals surface area (Å²) < 4.78 is 5.26. The maximum Gasteiger partial charge on any atom is 0.409 e. The summed E-state index contributed by atoms with van der Waals surface area (Å²) in [5.41, 5.74) is 4.73. The van der Waals surface area contributed by atoms with Gasteiger partial charge in [-0.3, -0.25) is 14.8 Å². The van der Waals surface area contributed by atoms with Gasteiger partial charge in [0.15, 0.2) is 0 Å². The highest BCUT2D eigenvalue weighted by atomic mass is 35.5. The smallest absolute Gasteiger partial charge is 0.409 e. The van der Waals surface area contributed by atoms with E-state index in [1.54, 1.807) is 4.90 Å². The summed E-state index contributed by atoms with van der Waals surface area (Å²) in [6, 6.07) is 9.63.